The number of carboxylic acid groups (broad SMARTS) is 1. The van der Waals surface area contributed by atoms with Crippen LogP contribution in [0.2, 0.25) is 0 Å². The minimum Gasteiger partial charge on any atom is -0.477 e. The van der Waals surface area contributed by atoms with E-state index >= 15 is 0 Å². The van der Waals surface area contributed by atoms with Crippen molar-refractivity contribution in [2.75, 3.05) is 33.3 Å². The largest absolute Gasteiger partial charge is 0.477 e. The molecular weight excluding hydrogens is 276 g/mol. The first-order chi connectivity index (χ1) is 10.0. The van der Waals surface area contributed by atoms with Gasteiger partial charge in [0.15, 0.2) is 11.4 Å². The molecule has 0 aliphatic carbocycles. The molecule has 1 aromatic rings. The summed E-state index contributed by atoms with van der Waals surface area (Å²) in [5.74, 6) is -1.67. The maximum absolute atomic E-state index is 12.6. The number of imidazole rings is 1. The summed E-state index contributed by atoms with van der Waals surface area (Å²) in [7, 11) is 2.02. The molecule has 1 saturated heterocycles. The topological polar surface area (TPSA) is 110 Å². The van der Waals surface area contributed by atoms with E-state index in [0.29, 0.717) is 0 Å². The Morgan fingerprint density at radius 3 is 2.71 bits per heavy atom. The van der Waals surface area contributed by atoms with Gasteiger partial charge in [0.25, 0.3) is 5.91 Å². The smallest absolute Gasteiger partial charge is 0.354 e. The zero-order valence-electron chi connectivity index (χ0n) is 11.9. The molecule has 21 heavy (non-hydrogen) atoms. The molecule has 0 atom stereocenters. The molecule has 0 unspecified atom stereocenters. The molecule has 0 radical (unpaired) electrons. The highest BCUT2D eigenvalue weighted by Gasteiger charge is 2.30. The molecular formula is C13H20N4O4. The monoisotopic (exact) mass is 296 g/mol. The fourth-order valence-electron chi connectivity index (χ4n) is 2.62. The molecule has 1 amide bonds. The summed E-state index contributed by atoms with van der Waals surface area (Å²) >= 11 is 0. The molecule has 0 spiro atoms. The van der Waals surface area contributed by atoms with Crippen molar-refractivity contribution in [3.8, 4) is 0 Å². The van der Waals surface area contributed by atoms with E-state index in [2.05, 4.69) is 14.9 Å². The van der Waals surface area contributed by atoms with Crippen LogP contribution in [0.25, 0.3) is 0 Å². The van der Waals surface area contributed by atoms with Crippen LogP contribution in [0.1, 0.15) is 33.8 Å². The number of nitrogens with zero attached hydrogens (tertiary/aromatic N) is 3. The lowest BCUT2D eigenvalue weighted by atomic mass is 10.0. The molecule has 1 aliphatic heterocycles. The molecule has 1 aromatic heterocycles. The van der Waals surface area contributed by atoms with E-state index in [1.807, 2.05) is 7.05 Å². The van der Waals surface area contributed by atoms with E-state index in [0.717, 1.165) is 25.9 Å². The fraction of sp³-hybridized carbons (Fsp3) is 0.615. The van der Waals surface area contributed by atoms with Crippen molar-refractivity contribution in [2.24, 2.45) is 0 Å². The number of hydrogen-bond acceptors (Lipinski definition) is 5. The maximum Gasteiger partial charge on any atom is 0.354 e. The van der Waals surface area contributed by atoms with Crippen molar-refractivity contribution in [1.82, 2.24) is 19.8 Å². The molecule has 2 rings (SSSR count). The number of aliphatic hydroxyl groups excluding tert-OH is 1. The van der Waals surface area contributed by atoms with Gasteiger partial charge in [-0.05, 0) is 33.0 Å². The Hall–Kier alpha value is -1.93. The van der Waals surface area contributed by atoms with E-state index < -0.39 is 11.9 Å². The van der Waals surface area contributed by atoms with Gasteiger partial charge in [-0.1, -0.05) is 0 Å². The highest BCUT2D eigenvalue weighted by atomic mass is 16.4. The number of rotatable bonds is 5. The predicted octanol–water partition coefficient (Wildman–Crippen LogP) is -0.363. The highest BCUT2D eigenvalue weighted by molar-refractivity contribution is 6.02. The van der Waals surface area contributed by atoms with E-state index in [9.17, 15) is 14.7 Å². The van der Waals surface area contributed by atoms with Gasteiger partial charge in [0, 0.05) is 12.6 Å². The number of aliphatic hydroxyl groups is 1. The lowest BCUT2D eigenvalue weighted by Gasteiger charge is -2.36. The number of likely N-dealkylation sites (tertiary alicyclic amines) is 1. The lowest BCUT2D eigenvalue weighted by molar-refractivity contribution is 0.0524. The summed E-state index contributed by atoms with van der Waals surface area (Å²) in [5, 5.41) is 18.3. The number of aromatic amines is 1. The second-order valence-electron chi connectivity index (χ2n) is 5.19. The normalized spacial score (nSPS) is 16.9. The van der Waals surface area contributed by atoms with Gasteiger partial charge in [-0.15, -0.1) is 0 Å². The molecule has 1 fully saturated rings. The molecule has 3 N–H and O–H groups in total. The summed E-state index contributed by atoms with van der Waals surface area (Å²) in [4.78, 5) is 33.7. The van der Waals surface area contributed by atoms with Gasteiger partial charge >= 0.3 is 5.97 Å². The average molecular weight is 296 g/mol. The van der Waals surface area contributed by atoms with Crippen LogP contribution in [0.5, 0.6) is 0 Å². The number of carboxylic acids is 1. The van der Waals surface area contributed by atoms with Crippen LogP contribution in [-0.2, 0) is 0 Å². The standard InChI is InChI=1S/C13H20N4O4/c1-16-4-2-9(3-5-16)17(6-7-18)12(19)10-11(13(20)21)15-8-14-10/h8-9,18H,2-7H2,1H3,(H,14,15)(H,20,21). The number of carbonyl (C=O) groups excluding carboxylic acids is 1. The minimum atomic E-state index is -1.22. The van der Waals surface area contributed by atoms with Crippen molar-refractivity contribution in [3.05, 3.63) is 17.7 Å². The number of hydrogen-bond donors (Lipinski definition) is 3. The summed E-state index contributed by atoms with van der Waals surface area (Å²) in [5.41, 5.74) is -0.314. The lowest BCUT2D eigenvalue weighted by Crippen LogP contribution is -2.48. The van der Waals surface area contributed by atoms with Gasteiger partial charge in [0.05, 0.1) is 12.9 Å². The van der Waals surface area contributed by atoms with Crippen LogP contribution in [0.4, 0.5) is 0 Å². The van der Waals surface area contributed by atoms with Crippen LogP contribution in [0.3, 0.4) is 0 Å². The first-order valence-corrected chi connectivity index (χ1v) is 6.91. The number of nitrogens with one attached hydrogen (secondary N) is 1. The number of H-pyrrole nitrogens is 1. The first kappa shape index (κ1) is 15.5. The fourth-order valence-corrected chi connectivity index (χ4v) is 2.62. The van der Waals surface area contributed by atoms with Gasteiger partial charge < -0.3 is 25.0 Å². The Morgan fingerprint density at radius 1 is 1.48 bits per heavy atom. The second-order valence-corrected chi connectivity index (χ2v) is 5.19. The number of aromatic carboxylic acids is 1. The summed E-state index contributed by atoms with van der Waals surface area (Å²) in [6.07, 6.45) is 2.80. The van der Waals surface area contributed by atoms with Crippen molar-refractivity contribution in [2.45, 2.75) is 18.9 Å². The molecule has 1 aliphatic rings. The Labute approximate surface area is 122 Å². The SMILES string of the molecule is CN1CCC(N(CCO)C(=O)c2nc[nH]c2C(=O)O)CC1. The van der Waals surface area contributed by atoms with Crippen LogP contribution < -0.4 is 0 Å². The number of aromatic nitrogens is 2. The number of carbonyl (C=O) groups is 2. The van der Waals surface area contributed by atoms with Crippen LogP contribution >= 0.6 is 0 Å². The summed E-state index contributed by atoms with van der Waals surface area (Å²) in [6, 6.07) is -0.000745. The molecule has 8 nitrogen and oxygen atoms in total. The molecule has 0 saturated carbocycles. The Balaban J connectivity index is 2.19. The minimum absolute atomic E-state index is 0.000745. The predicted molar refractivity (Wildman–Crippen MR) is 74.2 cm³/mol. The van der Waals surface area contributed by atoms with Gasteiger partial charge in [-0.2, -0.15) is 0 Å². The van der Waals surface area contributed by atoms with E-state index in [1.165, 1.54) is 11.2 Å². The Morgan fingerprint density at radius 2 is 2.14 bits per heavy atom. The quantitative estimate of drug-likeness (QED) is 0.684. The second kappa shape index (κ2) is 6.68. The molecule has 2 heterocycles. The van der Waals surface area contributed by atoms with Crippen molar-refractivity contribution in [3.63, 3.8) is 0 Å². The van der Waals surface area contributed by atoms with Gasteiger partial charge in [0.1, 0.15) is 0 Å². The molecule has 8 heteroatoms. The molecule has 0 bridgehead atoms. The first-order valence-electron chi connectivity index (χ1n) is 6.91. The summed E-state index contributed by atoms with van der Waals surface area (Å²) in [6.45, 7) is 1.75. The van der Waals surface area contributed by atoms with Crippen LogP contribution in [-0.4, -0.2) is 81.2 Å². The van der Waals surface area contributed by atoms with E-state index in [4.69, 9.17) is 5.11 Å². The van der Waals surface area contributed by atoms with Gasteiger partial charge in [-0.3, -0.25) is 4.79 Å². The Bertz CT molecular complexity index is 508. The van der Waals surface area contributed by atoms with Crippen molar-refractivity contribution < 1.29 is 19.8 Å². The van der Waals surface area contributed by atoms with Crippen LogP contribution in [0, 0.1) is 0 Å². The Kier molecular flexibility index (Phi) is 4.92. The van der Waals surface area contributed by atoms with Crippen molar-refractivity contribution >= 4 is 11.9 Å². The molecule has 0 aromatic carbocycles. The summed E-state index contributed by atoms with van der Waals surface area (Å²) < 4.78 is 0. The van der Waals surface area contributed by atoms with Gasteiger partial charge in [0.2, 0.25) is 0 Å². The highest BCUT2D eigenvalue weighted by Crippen LogP contribution is 2.18. The third kappa shape index (κ3) is 3.40. The zero-order chi connectivity index (χ0) is 15.4. The maximum atomic E-state index is 12.6. The zero-order valence-corrected chi connectivity index (χ0v) is 11.9. The number of piperidine rings is 1. The molecule has 116 valence electrons. The number of amides is 1. The average Bonchev–Trinajstić information content (AvgIpc) is 2.95. The van der Waals surface area contributed by atoms with Gasteiger partial charge in [-0.25, -0.2) is 9.78 Å². The van der Waals surface area contributed by atoms with E-state index in [-0.39, 0.29) is 30.6 Å². The third-order valence-electron chi connectivity index (χ3n) is 3.79. The third-order valence-corrected chi connectivity index (χ3v) is 3.79. The van der Waals surface area contributed by atoms with Crippen LogP contribution in [0.15, 0.2) is 6.33 Å². The van der Waals surface area contributed by atoms with Crippen molar-refractivity contribution in [1.29, 1.82) is 0 Å². The van der Waals surface area contributed by atoms with E-state index in [1.54, 1.807) is 0 Å².